The maximum atomic E-state index is 11.3. The summed E-state index contributed by atoms with van der Waals surface area (Å²) < 4.78 is 0. The first kappa shape index (κ1) is 34.6. The minimum absolute atomic E-state index is 0. The number of amides is 2. The van der Waals surface area contributed by atoms with E-state index in [-0.39, 0.29) is 76.9 Å². The van der Waals surface area contributed by atoms with Gasteiger partial charge in [0.2, 0.25) is 11.8 Å². The van der Waals surface area contributed by atoms with E-state index in [0.29, 0.717) is 0 Å². The number of hydrogen-bond acceptors (Lipinski definition) is 8. The molecule has 0 aromatic rings. The van der Waals surface area contributed by atoms with Crippen molar-refractivity contribution in [2.24, 2.45) is 10.8 Å². The van der Waals surface area contributed by atoms with Gasteiger partial charge in [-0.05, 0) is 0 Å². The smallest absolute Gasteiger partial charge is 0.481 e. The van der Waals surface area contributed by atoms with E-state index in [1.54, 1.807) is 0 Å². The molecule has 0 aliphatic heterocycles. The minimum Gasteiger partial charge on any atom is -0.481 e. The first-order valence-corrected chi connectivity index (χ1v) is 9.19. The maximum absolute atomic E-state index is 11.3. The van der Waals surface area contributed by atoms with Crippen LogP contribution in [0.5, 0.6) is 0 Å². The zero-order valence-electron chi connectivity index (χ0n) is 18.4. The summed E-state index contributed by atoms with van der Waals surface area (Å²) in [7, 11) is 0. The molecule has 0 aliphatic rings. The van der Waals surface area contributed by atoms with Crippen molar-refractivity contribution in [3.05, 3.63) is 0 Å². The number of nitrogens with one attached hydrogen (secondary N) is 2. The zero-order chi connectivity index (χ0) is 24.1. The van der Waals surface area contributed by atoms with Gasteiger partial charge < -0.3 is 41.3 Å². The molecule has 0 rings (SSSR count). The van der Waals surface area contributed by atoms with Crippen LogP contribution in [0, 0.1) is 10.8 Å². The van der Waals surface area contributed by atoms with E-state index in [2.05, 4.69) is 10.6 Å². The Labute approximate surface area is 211 Å². The van der Waals surface area contributed by atoms with Gasteiger partial charge in [-0.2, -0.15) is 0 Å². The SMILES string of the molecule is CC(C)(CO)C(O)C(=O)NCCC(=O)O.CC(C)(CO)C(O)C(=O)NCCC(=O)O.[Ca+2]. The van der Waals surface area contributed by atoms with Gasteiger partial charge in [-0.15, -0.1) is 0 Å². The van der Waals surface area contributed by atoms with Crippen LogP contribution in [0.1, 0.15) is 40.5 Å². The number of carboxylic acids is 2. The van der Waals surface area contributed by atoms with E-state index in [9.17, 15) is 29.4 Å². The Morgan fingerprint density at radius 2 is 0.968 bits per heavy atom. The second-order valence-electron chi connectivity index (χ2n) is 7.97. The third-order valence-corrected chi connectivity index (χ3v) is 4.07. The molecule has 2 unspecified atom stereocenters. The number of carbonyl (C=O) groups excluding carboxylic acids is 2. The van der Waals surface area contributed by atoms with E-state index in [1.807, 2.05) is 0 Å². The number of aliphatic hydroxyl groups excluding tert-OH is 4. The largest absolute Gasteiger partial charge is 2.00 e. The Hall–Kier alpha value is -1.02. The van der Waals surface area contributed by atoms with Gasteiger partial charge in [0, 0.05) is 23.9 Å². The molecule has 2 amide bonds. The number of aliphatic carboxylic acids is 2. The number of hydrogen-bond donors (Lipinski definition) is 8. The monoisotopic (exact) mass is 478 g/mol. The number of aliphatic hydroxyl groups is 4. The van der Waals surface area contributed by atoms with Gasteiger partial charge in [-0.1, -0.05) is 27.7 Å². The quantitative estimate of drug-likeness (QED) is 0.138. The van der Waals surface area contributed by atoms with Crippen LogP contribution in [0.3, 0.4) is 0 Å². The molecule has 2 atom stereocenters. The molecule has 0 spiro atoms. The molecule has 0 bridgehead atoms. The average molecular weight is 479 g/mol. The van der Waals surface area contributed by atoms with E-state index >= 15 is 0 Å². The first-order chi connectivity index (χ1) is 13.6. The van der Waals surface area contributed by atoms with Crippen LogP contribution in [0.25, 0.3) is 0 Å². The summed E-state index contributed by atoms with van der Waals surface area (Å²) in [6.07, 6.45) is -3.09. The Morgan fingerprint density at radius 1 is 0.710 bits per heavy atom. The van der Waals surface area contributed by atoms with Gasteiger partial charge in [-0.25, -0.2) is 0 Å². The van der Waals surface area contributed by atoms with Crippen LogP contribution in [0.4, 0.5) is 0 Å². The fraction of sp³-hybridized carbons (Fsp3) is 0.778. The van der Waals surface area contributed by atoms with Gasteiger partial charge in [0.25, 0.3) is 0 Å². The van der Waals surface area contributed by atoms with Crippen molar-refractivity contribution in [3.8, 4) is 0 Å². The molecule has 31 heavy (non-hydrogen) atoms. The normalized spacial score (nSPS) is 12.9. The zero-order valence-corrected chi connectivity index (χ0v) is 20.6. The van der Waals surface area contributed by atoms with Gasteiger partial charge in [0.15, 0.2) is 0 Å². The summed E-state index contributed by atoms with van der Waals surface area (Å²) in [5.41, 5.74) is -1.87. The summed E-state index contributed by atoms with van der Waals surface area (Å²) >= 11 is 0. The summed E-state index contributed by atoms with van der Waals surface area (Å²) in [6.45, 7) is 5.41. The predicted molar refractivity (Wildman–Crippen MR) is 110 cm³/mol. The van der Waals surface area contributed by atoms with Crippen LogP contribution in [0.15, 0.2) is 0 Å². The molecule has 0 radical (unpaired) electrons. The van der Waals surface area contributed by atoms with Crippen LogP contribution in [-0.2, 0) is 19.2 Å². The fourth-order valence-corrected chi connectivity index (χ4v) is 1.66. The molecule has 0 saturated heterocycles. The molecule has 0 saturated carbocycles. The van der Waals surface area contributed by atoms with E-state index < -0.39 is 46.8 Å². The topological polar surface area (TPSA) is 214 Å². The van der Waals surface area contributed by atoms with Crippen LogP contribution < -0.4 is 10.6 Å². The van der Waals surface area contributed by atoms with Crippen LogP contribution >= 0.6 is 0 Å². The fourth-order valence-electron chi connectivity index (χ4n) is 1.66. The summed E-state index contributed by atoms with van der Waals surface area (Å²) in [5.74, 6) is -3.39. The van der Waals surface area contributed by atoms with Crippen molar-refractivity contribution in [1.82, 2.24) is 10.6 Å². The molecule has 12 nitrogen and oxygen atoms in total. The van der Waals surface area contributed by atoms with Crippen LogP contribution in [-0.4, -0.2) is 131 Å². The van der Waals surface area contributed by atoms with Gasteiger partial charge in [-0.3, -0.25) is 19.2 Å². The number of rotatable bonds is 12. The molecule has 0 aromatic heterocycles. The van der Waals surface area contributed by atoms with Gasteiger partial charge >= 0.3 is 49.7 Å². The molecular weight excluding hydrogens is 444 g/mol. The Morgan fingerprint density at radius 3 is 1.16 bits per heavy atom. The molecule has 0 aliphatic carbocycles. The second-order valence-corrected chi connectivity index (χ2v) is 7.97. The Bertz CT molecular complexity index is 534. The molecule has 13 heteroatoms. The van der Waals surface area contributed by atoms with Crippen molar-refractivity contribution in [2.45, 2.75) is 52.7 Å². The maximum Gasteiger partial charge on any atom is 2.00 e. The molecular formula is C18H34CaN2O10+2. The predicted octanol–water partition coefficient (Wildman–Crippen LogP) is -2.47. The van der Waals surface area contributed by atoms with Crippen molar-refractivity contribution >= 4 is 61.5 Å². The third kappa shape index (κ3) is 15.4. The van der Waals surface area contributed by atoms with Crippen molar-refractivity contribution in [1.29, 1.82) is 0 Å². The van der Waals surface area contributed by atoms with Crippen LogP contribution in [0.2, 0.25) is 0 Å². The molecule has 8 N–H and O–H groups in total. The van der Waals surface area contributed by atoms with E-state index in [0.717, 1.165) is 0 Å². The summed E-state index contributed by atoms with van der Waals surface area (Å²) in [4.78, 5) is 42.8. The van der Waals surface area contributed by atoms with Gasteiger partial charge in [0.1, 0.15) is 12.2 Å². The average Bonchev–Trinajstić information content (AvgIpc) is 2.66. The van der Waals surface area contributed by atoms with E-state index in [4.69, 9.17) is 20.4 Å². The Kier molecular flexibility index (Phi) is 18.5. The minimum atomic E-state index is -1.35. The first-order valence-electron chi connectivity index (χ1n) is 9.19. The number of carbonyl (C=O) groups is 4. The van der Waals surface area contributed by atoms with Gasteiger partial charge in [0.05, 0.1) is 26.1 Å². The van der Waals surface area contributed by atoms with Crippen molar-refractivity contribution in [2.75, 3.05) is 26.3 Å². The van der Waals surface area contributed by atoms with Crippen molar-refractivity contribution in [3.63, 3.8) is 0 Å². The third-order valence-electron chi connectivity index (χ3n) is 4.07. The summed E-state index contributed by atoms with van der Waals surface area (Å²) in [6, 6.07) is 0. The van der Waals surface area contributed by atoms with Crippen molar-refractivity contribution < 1.29 is 49.8 Å². The molecule has 0 heterocycles. The molecule has 0 aromatic carbocycles. The standard InChI is InChI=1S/2C9H17NO5.Ca/c2*1-9(2,5-11)7(14)8(15)10-4-3-6(12)13;/h2*7,11,14H,3-5H2,1-2H3,(H,10,15)(H,12,13);/q;;+2. The molecule has 176 valence electrons. The number of carboxylic acid groups (broad SMARTS) is 2. The summed E-state index contributed by atoms with van der Waals surface area (Å²) in [5, 5.41) is 57.9. The molecule has 0 fully saturated rings. The Balaban J connectivity index is -0.000000490. The second kappa shape index (κ2) is 16.6. The van der Waals surface area contributed by atoms with E-state index in [1.165, 1.54) is 27.7 Å².